The van der Waals surface area contributed by atoms with E-state index in [0.29, 0.717) is 11.8 Å². The Morgan fingerprint density at radius 2 is 1.71 bits per heavy atom. The Balaban J connectivity index is 2.93. The monoisotopic (exact) mass is 286 g/mol. The Morgan fingerprint density at radius 3 is 2.14 bits per heavy atom. The van der Waals surface area contributed by atoms with Crippen molar-refractivity contribution in [1.82, 2.24) is 0 Å². The standard InChI is InChI=1S/C20H30O/c1-11(2)20(9)15(6)19(7,8)16-10-12(3)17(14(5)21)13(4)18(16)20/h10-11,15H,1-9H3. The minimum Gasteiger partial charge on any atom is -0.294 e. The molecule has 0 amide bonds. The summed E-state index contributed by atoms with van der Waals surface area (Å²) in [5, 5.41) is 0. The highest BCUT2D eigenvalue weighted by molar-refractivity contribution is 5.97. The second-order valence-electron chi connectivity index (χ2n) is 8.05. The van der Waals surface area contributed by atoms with Gasteiger partial charge in [-0.2, -0.15) is 0 Å². The number of hydrogen-bond acceptors (Lipinski definition) is 1. The van der Waals surface area contributed by atoms with Gasteiger partial charge in [0, 0.05) is 5.56 Å². The van der Waals surface area contributed by atoms with Crippen molar-refractivity contribution in [2.24, 2.45) is 11.8 Å². The van der Waals surface area contributed by atoms with Gasteiger partial charge < -0.3 is 0 Å². The van der Waals surface area contributed by atoms with E-state index in [1.54, 1.807) is 6.92 Å². The maximum atomic E-state index is 12.1. The lowest BCUT2D eigenvalue weighted by Crippen LogP contribution is -2.38. The summed E-state index contributed by atoms with van der Waals surface area (Å²) in [6.45, 7) is 20.0. The van der Waals surface area contributed by atoms with E-state index in [4.69, 9.17) is 0 Å². The van der Waals surface area contributed by atoms with Gasteiger partial charge in [0.05, 0.1) is 0 Å². The summed E-state index contributed by atoms with van der Waals surface area (Å²) >= 11 is 0. The fraction of sp³-hybridized carbons (Fsp3) is 0.650. The lowest BCUT2D eigenvalue weighted by Gasteiger charge is -2.39. The SMILES string of the molecule is CC(=O)c1c(C)cc2c(c1C)C(C)(C(C)C)C(C)C2(C)C. The van der Waals surface area contributed by atoms with Crippen LogP contribution in [-0.4, -0.2) is 5.78 Å². The number of aryl methyl sites for hydroxylation is 1. The normalized spacial score (nSPS) is 27.0. The fourth-order valence-corrected chi connectivity index (χ4v) is 4.72. The minimum atomic E-state index is 0.126. The topological polar surface area (TPSA) is 17.1 Å². The van der Waals surface area contributed by atoms with Crippen LogP contribution < -0.4 is 0 Å². The van der Waals surface area contributed by atoms with Gasteiger partial charge in [0.25, 0.3) is 0 Å². The zero-order chi connectivity index (χ0) is 16.3. The molecule has 0 aliphatic heterocycles. The molecule has 0 N–H and O–H groups in total. The molecule has 0 aromatic heterocycles. The number of Topliss-reactive ketones (excluding diaryl/α,β-unsaturated/α-hetero) is 1. The van der Waals surface area contributed by atoms with Crippen molar-refractivity contribution in [1.29, 1.82) is 0 Å². The zero-order valence-corrected chi connectivity index (χ0v) is 15.1. The molecule has 0 bridgehead atoms. The van der Waals surface area contributed by atoms with Gasteiger partial charge in [-0.25, -0.2) is 0 Å². The molecule has 2 unspecified atom stereocenters. The maximum Gasteiger partial charge on any atom is 0.160 e. The van der Waals surface area contributed by atoms with E-state index < -0.39 is 0 Å². The first-order valence-electron chi connectivity index (χ1n) is 8.13. The predicted molar refractivity (Wildman–Crippen MR) is 90.3 cm³/mol. The Morgan fingerprint density at radius 1 is 1.19 bits per heavy atom. The highest BCUT2D eigenvalue weighted by atomic mass is 16.1. The van der Waals surface area contributed by atoms with Crippen LogP contribution in [0, 0.1) is 25.7 Å². The van der Waals surface area contributed by atoms with E-state index >= 15 is 0 Å². The van der Waals surface area contributed by atoms with Crippen LogP contribution in [0.3, 0.4) is 0 Å². The number of ketones is 1. The van der Waals surface area contributed by atoms with Gasteiger partial charge in [-0.1, -0.05) is 47.6 Å². The molecule has 1 aliphatic rings. The summed E-state index contributed by atoms with van der Waals surface area (Å²) in [6.07, 6.45) is 0. The Hall–Kier alpha value is -1.11. The smallest absolute Gasteiger partial charge is 0.160 e. The van der Waals surface area contributed by atoms with Gasteiger partial charge in [-0.3, -0.25) is 4.79 Å². The van der Waals surface area contributed by atoms with Crippen LogP contribution >= 0.6 is 0 Å². The van der Waals surface area contributed by atoms with Crippen LogP contribution in [-0.2, 0) is 10.8 Å². The molecule has 0 saturated carbocycles. The molecule has 0 fully saturated rings. The lowest BCUT2D eigenvalue weighted by atomic mass is 9.64. The Kier molecular flexibility index (Phi) is 3.64. The number of carbonyl (C=O) groups is 1. The molecule has 1 heteroatoms. The van der Waals surface area contributed by atoms with Gasteiger partial charge in [-0.15, -0.1) is 0 Å². The quantitative estimate of drug-likeness (QED) is 0.670. The first-order chi connectivity index (χ1) is 9.47. The van der Waals surface area contributed by atoms with Crippen LogP contribution in [0.5, 0.6) is 0 Å². The van der Waals surface area contributed by atoms with E-state index in [0.717, 1.165) is 11.1 Å². The average molecular weight is 286 g/mol. The lowest BCUT2D eigenvalue weighted by molar-refractivity contribution is 0.101. The van der Waals surface area contributed by atoms with Gasteiger partial charge in [0.1, 0.15) is 0 Å². The van der Waals surface area contributed by atoms with E-state index in [1.165, 1.54) is 16.7 Å². The predicted octanol–water partition coefficient (Wildman–Crippen LogP) is 5.35. The maximum absolute atomic E-state index is 12.1. The Bertz CT molecular complexity index is 607. The number of rotatable bonds is 2. The van der Waals surface area contributed by atoms with Crippen molar-refractivity contribution < 1.29 is 4.79 Å². The molecular formula is C20H30O. The zero-order valence-electron chi connectivity index (χ0n) is 15.1. The average Bonchev–Trinajstić information content (AvgIpc) is 2.49. The summed E-state index contributed by atoms with van der Waals surface area (Å²) < 4.78 is 0. The summed E-state index contributed by atoms with van der Waals surface area (Å²) in [5.74, 6) is 1.30. The molecule has 2 atom stereocenters. The molecule has 2 rings (SSSR count). The Labute approximate surface area is 130 Å². The third kappa shape index (κ3) is 1.93. The molecule has 116 valence electrons. The van der Waals surface area contributed by atoms with E-state index in [1.807, 2.05) is 0 Å². The first-order valence-corrected chi connectivity index (χ1v) is 8.13. The second-order valence-corrected chi connectivity index (χ2v) is 8.05. The molecule has 1 nitrogen and oxygen atoms in total. The van der Waals surface area contributed by atoms with Crippen molar-refractivity contribution in [3.05, 3.63) is 33.9 Å². The number of fused-ring (bicyclic) bond motifs is 1. The summed E-state index contributed by atoms with van der Waals surface area (Å²) in [5.41, 5.74) is 6.45. The molecule has 1 aromatic carbocycles. The van der Waals surface area contributed by atoms with E-state index in [2.05, 4.69) is 61.5 Å². The van der Waals surface area contributed by atoms with Gasteiger partial charge in [0.2, 0.25) is 0 Å². The van der Waals surface area contributed by atoms with Crippen molar-refractivity contribution in [3.63, 3.8) is 0 Å². The largest absolute Gasteiger partial charge is 0.294 e. The molecule has 0 radical (unpaired) electrons. The molecule has 1 aliphatic carbocycles. The summed E-state index contributed by atoms with van der Waals surface area (Å²) in [4.78, 5) is 12.1. The molecule has 0 heterocycles. The molecular weight excluding hydrogens is 256 g/mol. The van der Waals surface area contributed by atoms with Crippen LogP contribution in [0.1, 0.15) is 81.1 Å². The van der Waals surface area contributed by atoms with Crippen molar-refractivity contribution >= 4 is 5.78 Å². The number of carbonyl (C=O) groups excluding carboxylic acids is 1. The van der Waals surface area contributed by atoms with Gasteiger partial charge in [-0.05, 0) is 65.7 Å². The fourth-order valence-electron chi connectivity index (χ4n) is 4.72. The molecule has 21 heavy (non-hydrogen) atoms. The highest BCUT2D eigenvalue weighted by Crippen LogP contribution is 2.58. The van der Waals surface area contributed by atoms with E-state index in [9.17, 15) is 4.79 Å². The van der Waals surface area contributed by atoms with Crippen molar-refractivity contribution in [2.45, 2.75) is 73.1 Å². The molecule has 0 saturated heterocycles. The van der Waals surface area contributed by atoms with E-state index in [-0.39, 0.29) is 16.6 Å². The molecule has 1 aromatic rings. The minimum absolute atomic E-state index is 0.126. The van der Waals surface area contributed by atoms with Crippen LogP contribution in [0.25, 0.3) is 0 Å². The van der Waals surface area contributed by atoms with Crippen LogP contribution in [0.4, 0.5) is 0 Å². The number of benzene rings is 1. The molecule has 0 spiro atoms. The van der Waals surface area contributed by atoms with Crippen LogP contribution in [0.15, 0.2) is 6.07 Å². The highest BCUT2D eigenvalue weighted by Gasteiger charge is 2.53. The van der Waals surface area contributed by atoms with Crippen molar-refractivity contribution in [3.8, 4) is 0 Å². The first kappa shape index (κ1) is 16.3. The van der Waals surface area contributed by atoms with Gasteiger partial charge >= 0.3 is 0 Å². The second kappa shape index (κ2) is 4.69. The van der Waals surface area contributed by atoms with Crippen molar-refractivity contribution in [2.75, 3.05) is 0 Å². The number of hydrogen-bond donors (Lipinski definition) is 0. The third-order valence-corrected chi connectivity index (χ3v) is 6.54. The summed E-state index contributed by atoms with van der Waals surface area (Å²) in [7, 11) is 0. The van der Waals surface area contributed by atoms with Crippen LogP contribution in [0.2, 0.25) is 0 Å². The third-order valence-electron chi connectivity index (χ3n) is 6.54. The summed E-state index contributed by atoms with van der Waals surface area (Å²) in [6, 6.07) is 2.28. The van der Waals surface area contributed by atoms with Gasteiger partial charge in [0.15, 0.2) is 5.78 Å².